The van der Waals surface area contributed by atoms with Gasteiger partial charge in [0.05, 0.1) is 7.11 Å². The van der Waals surface area contributed by atoms with E-state index in [4.69, 9.17) is 16.3 Å². The first kappa shape index (κ1) is 20.6. The number of ether oxygens (including phenoxy) is 2. The van der Waals surface area contributed by atoms with E-state index in [2.05, 4.69) is 4.74 Å². The number of esters is 1. The number of hydrogen-bond donors (Lipinski definition) is 1. The molecule has 9 heteroatoms. The van der Waals surface area contributed by atoms with E-state index in [0.29, 0.717) is 5.56 Å². The lowest BCUT2D eigenvalue weighted by Crippen LogP contribution is -2.61. The predicted octanol–water partition coefficient (Wildman–Crippen LogP) is 4.20. The van der Waals surface area contributed by atoms with Crippen LogP contribution in [0.3, 0.4) is 0 Å². The summed E-state index contributed by atoms with van der Waals surface area (Å²) in [5, 5.41) is 1.56. The second-order valence-corrected chi connectivity index (χ2v) is 5.87. The molecule has 0 aliphatic carbocycles. The average molecular weight is 402 g/mol. The number of carbonyl (C=O) groups excluding carboxylic acids is 2. The SMILES string of the molecule is COC(=O)C(NC(=O)OCc1ccccc1)(c1cccc(Cl)c1)C(F)(F)F. The summed E-state index contributed by atoms with van der Waals surface area (Å²) in [6.07, 6.45) is -6.67. The highest BCUT2D eigenvalue weighted by atomic mass is 35.5. The zero-order valence-corrected chi connectivity index (χ0v) is 14.8. The van der Waals surface area contributed by atoms with E-state index in [0.717, 1.165) is 19.2 Å². The third-order valence-electron chi connectivity index (χ3n) is 3.68. The highest BCUT2D eigenvalue weighted by Crippen LogP contribution is 2.41. The first-order chi connectivity index (χ1) is 12.7. The molecule has 1 N–H and O–H groups in total. The summed E-state index contributed by atoms with van der Waals surface area (Å²) in [4.78, 5) is 24.2. The van der Waals surface area contributed by atoms with E-state index in [1.54, 1.807) is 35.6 Å². The zero-order chi connectivity index (χ0) is 20.1. The van der Waals surface area contributed by atoms with Gasteiger partial charge < -0.3 is 9.47 Å². The molecule has 1 amide bonds. The molecule has 27 heavy (non-hydrogen) atoms. The van der Waals surface area contributed by atoms with E-state index >= 15 is 0 Å². The van der Waals surface area contributed by atoms with Crippen molar-refractivity contribution in [2.45, 2.75) is 18.3 Å². The van der Waals surface area contributed by atoms with Crippen molar-refractivity contribution in [3.8, 4) is 0 Å². The first-order valence-corrected chi connectivity index (χ1v) is 7.98. The molecule has 2 rings (SSSR count). The van der Waals surface area contributed by atoms with Crippen LogP contribution in [0.15, 0.2) is 54.6 Å². The summed E-state index contributed by atoms with van der Waals surface area (Å²) in [6, 6.07) is 12.8. The topological polar surface area (TPSA) is 64.6 Å². The summed E-state index contributed by atoms with van der Waals surface area (Å²) in [7, 11) is 0.782. The second-order valence-electron chi connectivity index (χ2n) is 5.44. The van der Waals surface area contributed by atoms with E-state index in [1.807, 2.05) is 0 Å². The monoisotopic (exact) mass is 401 g/mol. The van der Waals surface area contributed by atoms with Gasteiger partial charge in [-0.25, -0.2) is 9.59 Å². The average Bonchev–Trinajstić information content (AvgIpc) is 2.63. The lowest BCUT2D eigenvalue weighted by atomic mass is 9.89. The number of carbonyl (C=O) groups is 2. The number of rotatable bonds is 5. The largest absolute Gasteiger partial charge is 0.467 e. The van der Waals surface area contributed by atoms with Gasteiger partial charge in [0.25, 0.3) is 5.54 Å². The highest BCUT2D eigenvalue weighted by molar-refractivity contribution is 6.30. The maximum absolute atomic E-state index is 13.9. The van der Waals surface area contributed by atoms with Crippen LogP contribution < -0.4 is 5.32 Å². The molecular formula is C18H15ClF3NO4. The molecular weight excluding hydrogens is 387 g/mol. The van der Waals surface area contributed by atoms with Gasteiger partial charge in [0.2, 0.25) is 0 Å². The summed E-state index contributed by atoms with van der Waals surface area (Å²) in [6.45, 7) is -0.280. The number of alkyl carbamates (subject to hydrolysis) is 1. The minimum atomic E-state index is -5.23. The summed E-state index contributed by atoms with van der Waals surface area (Å²) in [5.74, 6) is -1.73. The van der Waals surface area contributed by atoms with Crippen molar-refractivity contribution in [1.29, 1.82) is 0 Å². The maximum Gasteiger partial charge on any atom is 0.426 e. The van der Waals surface area contributed by atoms with Crippen LogP contribution in [0.1, 0.15) is 11.1 Å². The van der Waals surface area contributed by atoms with Gasteiger partial charge in [-0.3, -0.25) is 5.32 Å². The maximum atomic E-state index is 13.9. The lowest BCUT2D eigenvalue weighted by Gasteiger charge is -2.33. The molecule has 2 aromatic carbocycles. The van der Waals surface area contributed by atoms with E-state index in [1.165, 1.54) is 12.1 Å². The Morgan fingerprint density at radius 1 is 1.07 bits per heavy atom. The summed E-state index contributed by atoms with van der Waals surface area (Å²) < 4.78 is 51.0. The Kier molecular flexibility index (Phi) is 6.32. The molecule has 0 radical (unpaired) electrons. The minimum Gasteiger partial charge on any atom is -0.467 e. The van der Waals surface area contributed by atoms with Crippen molar-refractivity contribution in [1.82, 2.24) is 5.32 Å². The molecule has 0 bridgehead atoms. The Bertz CT molecular complexity index is 814. The third kappa shape index (κ3) is 4.51. The zero-order valence-electron chi connectivity index (χ0n) is 14.0. The van der Waals surface area contributed by atoms with Gasteiger partial charge >= 0.3 is 18.2 Å². The lowest BCUT2D eigenvalue weighted by molar-refractivity contribution is -0.213. The Hall–Kier alpha value is -2.74. The molecule has 0 fully saturated rings. The summed E-state index contributed by atoms with van der Waals surface area (Å²) in [5.41, 5.74) is -3.52. The van der Waals surface area contributed by atoms with Crippen molar-refractivity contribution < 1.29 is 32.2 Å². The van der Waals surface area contributed by atoms with E-state index in [9.17, 15) is 22.8 Å². The fraction of sp³-hybridized carbons (Fsp3) is 0.222. The van der Waals surface area contributed by atoms with Crippen molar-refractivity contribution in [3.05, 3.63) is 70.7 Å². The first-order valence-electron chi connectivity index (χ1n) is 7.60. The van der Waals surface area contributed by atoms with Crippen LogP contribution >= 0.6 is 11.6 Å². The van der Waals surface area contributed by atoms with Gasteiger partial charge in [0.15, 0.2) is 0 Å². The highest BCUT2D eigenvalue weighted by Gasteiger charge is 2.64. The fourth-order valence-electron chi connectivity index (χ4n) is 2.38. The molecule has 0 saturated carbocycles. The number of alkyl halides is 3. The van der Waals surface area contributed by atoms with Gasteiger partial charge in [-0.2, -0.15) is 13.2 Å². The van der Waals surface area contributed by atoms with Crippen molar-refractivity contribution in [2.24, 2.45) is 0 Å². The smallest absolute Gasteiger partial charge is 0.426 e. The number of benzene rings is 2. The number of hydrogen-bond acceptors (Lipinski definition) is 4. The fourth-order valence-corrected chi connectivity index (χ4v) is 2.57. The quantitative estimate of drug-likeness (QED) is 0.763. The third-order valence-corrected chi connectivity index (χ3v) is 3.91. The van der Waals surface area contributed by atoms with Crippen LogP contribution in [0.25, 0.3) is 0 Å². The molecule has 1 unspecified atom stereocenters. The van der Waals surface area contributed by atoms with Gasteiger partial charge in [-0.15, -0.1) is 0 Å². The molecule has 0 spiro atoms. The number of amides is 1. The van der Waals surface area contributed by atoms with Crippen LogP contribution in [-0.4, -0.2) is 25.3 Å². The van der Waals surface area contributed by atoms with Crippen LogP contribution in [0.4, 0.5) is 18.0 Å². The molecule has 144 valence electrons. The van der Waals surface area contributed by atoms with Crippen LogP contribution in [0, 0.1) is 0 Å². The number of methoxy groups -OCH3 is 1. The van der Waals surface area contributed by atoms with Gasteiger partial charge in [-0.05, 0) is 23.3 Å². The molecule has 0 aliphatic heterocycles. The molecule has 0 aliphatic rings. The van der Waals surface area contributed by atoms with Crippen molar-refractivity contribution in [2.75, 3.05) is 7.11 Å². The van der Waals surface area contributed by atoms with Crippen LogP contribution in [-0.2, 0) is 26.4 Å². The van der Waals surface area contributed by atoms with E-state index in [-0.39, 0.29) is 11.6 Å². The minimum absolute atomic E-state index is 0.0514. The number of nitrogens with one attached hydrogen (secondary N) is 1. The van der Waals surface area contributed by atoms with Gasteiger partial charge in [-0.1, -0.05) is 54.1 Å². The van der Waals surface area contributed by atoms with Crippen molar-refractivity contribution in [3.63, 3.8) is 0 Å². The van der Waals surface area contributed by atoms with Crippen LogP contribution in [0.5, 0.6) is 0 Å². The molecule has 5 nitrogen and oxygen atoms in total. The molecule has 0 heterocycles. The molecule has 0 aromatic heterocycles. The Morgan fingerprint density at radius 3 is 2.30 bits per heavy atom. The standard InChI is InChI=1S/C18H15ClF3NO4/c1-26-15(24)17(18(20,21)22,13-8-5-9-14(19)10-13)23-16(25)27-11-12-6-3-2-4-7-12/h2-10H,11H2,1H3,(H,23,25). The normalized spacial score (nSPS) is 13.4. The molecule has 2 aromatic rings. The Morgan fingerprint density at radius 2 is 1.74 bits per heavy atom. The van der Waals surface area contributed by atoms with E-state index < -0.39 is 29.3 Å². The Balaban J connectivity index is 2.37. The summed E-state index contributed by atoms with van der Waals surface area (Å²) >= 11 is 5.76. The van der Waals surface area contributed by atoms with Gasteiger partial charge in [0.1, 0.15) is 6.61 Å². The molecule has 0 saturated heterocycles. The van der Waals surface area contributed by atoms with Crippen molar-refractivity contribution >= 4 is 23.7 Å². The molecule has 1 atom stereocenters. The van der Waals surface area contributed by atoms with Crippen LogP contribution in [0.2, 0.25) is 5.02 Å². The predicted molar refractivity (Wildman–Crippen MR) is 91.0 cm³/mol. The number of halogens is 4. The van der Waals surface area contributed by atoms with Gasteiger partial charge in [0, 0.05) is 5.02 Å². The Labute approximate surface area is 158 Å². The second kappa shape index (κ2) is 8.30.